The highest BCUT2D eigenvalue weighted by molar-refractivity contribution is 5.00. The highest BCUT2D eigenvalue weighted by Crippen LogP contribution is 1.88. The third kappa shape index (κ3) is 4.26. The van der Waals surface area contributed by atoms with Crippen LogP contribution in [0.5, 0.6) is 0 Å². The standard InChI is InChI=1S/C9H17N/c1-5-10(6-2)8-7-9(3)4/h9H,5-6H2,1-4H3. The fourth-order valence-electron chi connectivity index (χ4n) is 0.602. The molecule has 0 atom stereocenters. The minimum absolute atomic E-state index is 0.487. The third-order valence-electron chi connectivity index (χ3n) is 1.27. The second-order valence-corrected chi connectivity index (χ2v) is 2.58. The van der Waals surface area contributed by atoms with Crippen LogP contribution >= 0.6 is 0 Å². The van der Waals surface area contributed by atoms with Gasteiger partial charge in [-0.25, -0.2) is 0 Å². The van der Waals surface area contributed by atoms with Crippen LogP contribution in [0, 0.1) is 17.9 Å². The zero-order valence-corrected chi connectivity index (χ0v) is 7.44. The van der Waals surface area contributed by atoms with E-state index in [0.717, 1.165) is 13.1 Å². The average Bonchev–Trinajstić information content (AvgIpc) is 1.90. The summed E-state index contributed by atoms with van der Waals surface area (Å²) in [5.41, 5.74) is 0. The first-order valence-electron chi connectivity index (χ1n) is 3.96. The minimum atomic E-state index is 0.487. The zero-order valence-electron chi connectivity index (χ0n) is 7.44. The summed E-state index contributed by atoms with van der Waals surface area (Å²) in [6, 6.07) is 3.10. The van der Waals surface area contributed by atoms with Gasteiger partial charge in [0.05, 0.1) is 0 Å². The van der Waals surface area contributed by atoms with Crippen LogP contribution in [-0.2, 0) is 0 Å². The molecule has 0 saturated carbocycles. The summed E-state index contributed by atoms with van der Waals surface area (Å²) in [6.45, 7) is 10.5. The summed E-state index contributed by atoms with van der Waals surface area (Å²) in [5, 5.41) is 0. The SMILES string of the molecule is CCN(C#CC(C)C)CC. The minimum Gasteiger partial charge on any atom is -0.333 e. The van der Waals surface area contributed by atoms with Crippen molar-refractivity contribution in [2.75, 3.05) is 13.1 Å². The molecule has 1 heteroatoms. The Morgan fingerprint density at radius 1 is 1.20 bits per heavy atom. The second-order valence-electron chi connectivity index (χ2n) is 2.58. The predicted molar refractivity (Wildman–Crippen MR) is 45.5 cm³/mol. The van der Waals surface area contributed by atoms with Crippen LogP contribution in [0.3, 0.4) is 0 Å². The van der Waals surface area contributed by atoms with E-state index in [9.17, 15) is 0 Å². The Balaban J connectivity index is 3.74. The van der Waals surface area contributed by atoms with Crippen LogP contribution in [-0.4, -0.2) is 18.0 Å². The zero-order chi connectivity index (χ0) is 7.98. The molecular formula is C9H17N. The molecule has 1 nitrogen and oxygen atoms in total. The fraction of sp³-hybridized carbons (Fsp3) is 0.778. The van der Waals surface area contributed by atoms with Crippen molar-refractivity contribution in [1.29, 1.82) is 0 Å². The van der Waals surface area contributed by atoms with E-state index in [-0.39, 0.29) is 0 Å². The maximum Gasteiger partial charge on any atom is 0.0232 e. The monoisotopic (exact) mass is 139 g/mol. The van der Waals surface area contributed by atoms with E-state index >= 15 is 0 Å². The number of hydrogen-bond acceptors (Lipinski definition) is 1. The van der Waals surface area contributed by atoms with Crippen molar-refractivity contribution in [3.8, 4) is 12.0 Å². The molecule has 0 aliphatic heterocycles. The largest absolute Gasteiger partial charge is 0.333 e. The van der Waals surface area contributed by atoms with Gasteiger partial charge in [0.1, 0.15) is 0 Å². The smallest absolute Gasteiger partial charge is 0.0232 e. The lowest BCUT2D eigenvalue weighted by molar-refractivity contribution is 0.443. The van der Waals surface area contributed by atoms with Gasteiger partial charge < -0.3 is 4.90 Å². The van der Waals surface area contributed by atoms with E-state index in [0.29, 0.717) is 5.92 Å². The fourth-order valence-corrected chi connectivity index (χ4v) is 0.602. The Labute approximate surface area is 64.4 Å². The lowest BCUT2D eigenvalue weighted by Gasteiger charge is -2.10. The summed E-state index contributed by atoms with van der Waals surface area (Å²) >= 11 is 0. The Morgan fingerprint density at radius 3 is 2.00 bits per heavy atom. The molecule has 0 aliphatic rings. The van der Waals surface area contributed by atoms with Crippen molar-refractivity contribution in [1.82, 2.24) is 4.90 Å². The van der Waals surface area contributed by atoms with Gasteiger partial charge in [-0.3, -0.25) is 0 Å². The third-order valence-corrected chi connectivity index (χ3v) is 1.27. The van der Waals surface area contributed by atoms with Crippen molar-refractivity contribution in [2.45, 2.75) is 27.7 Å². The van der Waals surface area contributed by atoms with E-state index in [1.807, 2.05) is 0 Å². The summed E-state index contributed by atoms with van der Waals surface area (Å²) in [7, 11) is 0. The highest BCUT2D eigenvalue weighted by Gasteiger charge is 1.88. The Morgan fingerprint density at radius 2 is 1.70 bits per heavy atom. The summed E-state index contributed by atoms with van der Waals surface area (Å²) in [4.78, 5) is 2.11. The first-order valence-corrected chi connectivity index (χ1v) is 3.96. The van der Waals surface area contributed by atoms with Gasteiger partial charge in [0.2, 0.25) is 0 Å². The molecule has 0 aromatic carbocycles. The van der Waals surface area contributed by atoms with Crippen molar-refractivity contribution in [3.05, 3.63) is 0 Å². The molecule has 0 bridgehead atoms. The van der Waals surface area contributed by atoms with E-state index in [2.05, 4.69) is 44.6 Å². The van der Waals surface area contributed by atoms with E-state index in [1.54, 1.807) is 0 Å². The van der Waals surface area contributed by atoms with Crippen LogP contribution in [0.25, 0.3) is 0 Å². The van der Waals surface area contributed by atoms with E-state index in [1.165, 1.54) is 0 Å². The first-order chi connectivity index (χ1) is 4.70. The quantitative estimate of drug-likeness (QED) is 0.417. The van der Waals surface area contributed by atoms with Crippen LogP contribution < -0.4 is 0 Å². The molecule has 0 radical (unpaired) electrons. The Hall–Kier alpha value is -0.640. The van der Waals surface area contributed by atoms with Crippen LogP contribution in [0.15, 0.2) is 0 Å². The highest BCUT2D eigenvalue weighted by atomic mass is 15.1. The van der Waals surface area contributed by atoms with Gasteiger partial charge in [0.25, 0.3) is 0 Å². The molecule has 0 amide bonds. The lowest BCUT2D eigenvalue weighted by Crippen LogP contribution is -2.16. The Bertz CT molecular complexity index is 123. The molecule has 0 rings (SSSR count). The molecule has 0 fully saturated rings. The molecule has 10 heavy (non-hydrogen) atoms. The molecule has 0 heterocycles. The summed E-state index contributed by atoms with van der Waals surface area (Å²) in [5.74, 6) is 3.61. The van der Waals surface area contributed by atoms with Gasteiger partial charge in [-0.2, -0.15) is 0 Å². The van der Waals surface area contributed by atoms with Gasteiger partial charge in [-0.15, -0.1) is 0 Å². The molecule has 0 aromatic heterocycles. The molecule has 0 unspecified atom stereocenters. The number of rotatable bonds is 2. The maximum atomic E-state index is 3.12. The van der Waals surface area contributed by atoms with Crippen LogP contribution in [0.4, 0.5) is 0 Å². The lowest BCUT2D eigenvalue weighted by atomic mass is 10.2. The van der Waals surface area contributed by atoms with Gasteiger partial charge in [0.15, 0.2) is 0 Å². The van der Waals surface area contributed by atoms with Gasteiger partial charge in [0, 0.05) is 25.1 Å². The van der Waals surface area contributed by atoms with E-state index in [4.69, 9.17) is 0 Å². The normalized spacial score (nSPS) is 8.90. The van der Waals surface area contributed by atoms with Crippen molar-refractivity contribution in [3.63, 3.8) is 0 Å². The summed E-state index contributed by atoms with van der Waals surface area (Å²) in [6.07, 6.45) is 0. The van der Waals surface area contributed by atoms with Crippen molar-refractivity contribution in [2.24, 2.45) is 5.92 Å². The number of hydrogen-bond donors (Lipinski definition) is 0. The summed E-state index contributed by atoms with van der Waals surface area (Å²) < 4.78 is 0. The molecule has 0 aliphatic carbocycles. The molecule has 58 valence electrons. The molecule has 0 spiro atoms. The molecule has 0 aromatic rings. The second kappa shape index (κ2) is 5.17. The predicted octanol–water partition coefficient (Wildman–Crippen LogP) is 1.95. The average molecular weight is 139 g/mol. The Kier molecular flexibility index (Phi) is 4.84. The molecule has 0 N–H and O–H groups in total. The van der Waals surface area contributed by atoms with Crippen LogP contribution in [0.1, 0.15) is 27.7 Å². The molecular weight excluding hydrogens is 122 g/mol. The van der Waals surface area contributed by atoms with Crippen molar-refractivity contribution >= 4 is 0 Å². The number of nitrogens with zero attached hydrogens (tertiary/aromatic N) is 1. The van der Waals surface area contributed by atoms with Crippen molar-refractivity contribution < 1.29 is 0 Å². The molecule has 0 saturated heterocycles. The topological polar surface area (TPSA) is 3.24 Å². The van der Waals surface area contributed by atoms with Gasteiger partial charge >= 0.3 is 0 Å². The van der Waals surface area contributed by atoms with Gasteiger partial charge in [-0.05, 0) is 13.8 Å². The van der Waals surface area contributed by atoms with Crippen LogP contribution in [0.2, 0.25) is 0 Å². The maximum absolute atomic E-state index is 3.12. The first kappa shape index (κ1) is 9.36. The van der Waals surface area contributed by atoms with Gasteiger partial charge in [-0.1, -0.05) is 19.8 Å². The van der Waals surface area contributed by atoms with E-state index < -0.39 is 0 Å².